The molecule has 0 rings (SSSR count). The zero-order chi connectivity index (χ0) is 26.4. The lowest BCUT2D eigenvalue weighted by Gasteiger charge is -2.22. The third-order valence-corrected chi connectivity index (χ3v) is 7.83. The fourth-order valence-corrected chi connectivity index (χ4v) is 6.14. The molecule has 2 atom stereocenters. The van der Waals surface area contributed by atoms with E-state index >= 15 is 0 Å². The van der Waals surface area contributed by atoms with Crippen LogP contribution in [0.25, 0.3) is 0 Å². The number of hydrogen-bond donors (Lipinski definition) is 0. The van der Waals surface area contributed by atoms with Crippen LogP contribution in [0.4, 0.5) is 0 Å². The van der Waals surface area contributed by atoms with Crippen LogP contribution in [0.5, 0.6) is 0 Å². The van der Waals surface area contributed by atoms with Gasteiger partial charge >= 0.3 is 27.1 Å². The first-order valence-electron chi connectivity index (χ1n) is 11.5. The minimum atomic E-state index is -4.07. The summed E-state index contributed by atoms with van der Waals surface area (Å²) < 4.78 is 58.5. The van der Waals surface area contributed by atoms with Gasteiger partial charge in [-0.25, -0.2) is 9.59 Å². The molecule has 0 radical (unpaired) electrons. The minimum Gasteiger partial charge on any atom is -0.462 e. The largest absolute Gasteiger partial charge is 0.462 e. The van der Waals surface area contributed by atoms with E-state index in [0.29, 0.717) is 0 Å². The van der Waals surface area contributed by atoms with Gasteiger partial charge in [-0.3, -0.25) is 9.13 Å². The van der Waals surface area contributed by atoms with Crippen molar-refractivity contribution in [2.45, 2.75) is 55.4 Å². The number of ether oxygens (including phenoxy) is 2. The van der Waals surface area contributed by atoms with Gasteiger partial charge in [-0.1, -0.05) is 39.8 Å². The molecule has 0 amide bonds. The van der Waals surface area contributed by atoms with Gasteiger partial charge in [0.15, 0.2) is 0 Å². The molecule has 0 bridgehead atoms. The monoisotopic (exact) mass is 526 g/mol. The maximum Gasteiger partial charge on any atom is 0.368 e. The molecule has 12 heteroatoms. The molecular weight excluding hydrogens is 486 g/mol. The van der Waals surface area contributed by atoms with Gasteiger partial charge in [0.25, 0.3) is 0 Å². The zero-order valence-corrected chi connectivity index (χ0v) is 23.3. The summed E-state index contributed by atoms with van der Waals surface area (Å²) in [4.78, 5) is 24.9. The van der Waals surface area contributed by atoms with Crippen molar-refractivity contribution >= 4 is 27.1 Å². The van der Waals surface area contributed by atoms with Gasteiger partial charge in [0.05, 0.1) is 39.6 Å². The van der Waals surface area contributed by atoms with Crippen molar-refractivity contribution in [1.29, 1.82) is 0 Å². The number of hydrogen-bond acceptors (Lipinski definition) is 10. The summed E-state index contributed by atoms with van der Waals surface area (Å²) in [6, 6.07) is 0. The fourth-order valence-electron chi connectivity index (χ4n) is 2.59. The summed E-state index contributed by atoms with van der Waals surface area (Å²) in [7, 11) is -8.15. The van der Waals surface area contributed by atoms with E-state index in [4.69, 9.17) is 27.6 Å². The number of carbonyl (C=O) groups excluding carboxylic acids is 2. The Morgan fingerprint density at radius 3 is 1.18 bits per heavy atom. The van der Waals surface area contributed by atoms with Gasteiger partial charge in [-0.05, 0) is 39.5 Å². The predicted molar refractivity (Wildman–Crippen MR) is 129 cm³/mol. The van der Waals surface area contributed by atoms with E-state index in [1.807, 2.05) is 0 Å². The molecule has 0 heterocycles. The summed E-state index contributed by atoms with van der Waals surface area (Å²) >= 11 is 0. The van der Waals surface area contributed by atoms with Gasteiger partial charge in [0, 0.05) is 0 Å². The SMILES string of the molecule is CCOC(=O)C(=CC(C)C)P(=O)(OCC)OCCOP(=O)(OCC)C(=CC(C)C)C(=O)OCC. The highest BCUT2D eigenvalue weighted by Crippen LogP contribution is 2.59. The van der Waals surface area contributed by atoms with Gasteiger partial charge < -0.3 is 27.6 Å². The van der Waals surface area contributed by atoms with Crippen molar-refractivity contribution in [2.24, 2.45) is 11.8 Å². The van der Waals surface area contributed by atoms with Gasteiger partial charge in [0.2, 0.25) is 0 Å². The van der Waals surface area contributed by atoms with Crippen LogP contribution in [0.15, 0.2) is 22.8 Å². The summed E-state index contributed by atoms with van der Waals surface area (Å²) in [5.41, 5.74) is 0. The summed E-state index contributed by atoms with van der Waals surface area (Å²) in [5.74, 6) is -1.89. The number of rotatable bonds is 17. The first-order valence-corrected chi connectivity index (χ1v) is 14.6. The number of carbonyl (C=O) groups is 2. The molecular formula is C22H40O10P2. The maximum absolute atomic E-state index is 13.4. The normalized spacial score (nSPS) is 16.3. The summed E-state index contributed by atoms with van der Waals surface area (Å²) in [6.07, 6.45) is 2.93. The molecule has 0 fully saturated rings. The molecule has 0 aliphatic heterocycles. The van der Waals surface area contributed by atoms with Crippen molar-refractivity contribution in [2.75, 3.05) is 39.6 Å². The zero-order valence-electron chi connectivity index (χ0n) is 21.5. The lowest BCUT2D eigenvalue weighted by atomic mass is 10.2. The molecule has 0 saturated heterocycles. The predicted octanol–water partition coefficient (Wildman–Crippen LogP) is 5.68. The summed E-state index contributed by atoms with van der Waals surface area (Å²) in [6.45, 7) is 13.1. The first-order chi connectivity index (χ1) is 15.9. The highest BCUT2D eigenvalue weighted by atomic mass is 31.2. The van der Waals surface area contributed by atoms with E-state index in [2.05, 4.69) is 0 Å². The van der Waals surface area contributed by atoms with Crippen LogP contribution in [0.1, 0.15) is 55.4 Å². The number of allylic oxidation sites excluding steroid dienone is 2. The smallest absolute Gasteiger partial charge is 0.368 e. The van der Waals surface area contributed by atoms with E-state index < -0.39 is 27.1 Å². The molecule has 0 N–H and O–H groups in total. The first kappa shape index (κ1) is 32.7. The molecule has 0 aromatic heterocycles. The Morgan fingerprint density at radius 1 is 0.618 bits per heavy atom. The molecule has 198 valence electrons. The minimum absolute atomic E-state index is 0.00848. The average Bonchev–Trinajstić information content (AvgIpc) is 2.74. The molecule has 0 aromatic carbocycles. The van der Waals surface area contributed by atoms with Crippen LogP contribution in [0.2, 0.25) is 0 Å². The highest BCUT2D eigenvalue weighted by molar-refractivity contribution is 7.60. The van der Waals surface area contributed by atoms with Crippen LogP contribution < -0.4 is 0 Å². The summed E-state index contributed by atoms with van der Waals surface area (Å²) in [5, 5.41) is -0.433. The lowest BCUT2D eigenvalue weighted by molar-refractivity contribution is -0.139. The van der Waals surface area contributed by atoms with Gasteiger partial charge in [-0.2, -0.15) is 0 Å². The molecule has 0 aromatic rings. The molecule has 2 unspecified atom stereocenters. The molecule has 0 saturated carbocycles. The highest BCUT2D eigenvalue weighted by Gasteiger charge is 2.39. The Morgan fingerprint density at radius 2 is 0.941 bits per heavy atom. The van der Waals surface area contributed by atoms with Gasteiger partial charge in [-0.15, -0.1) is 0 Å². The van der Waals surface area contributed by atoms with Crippen molar-refractivity contribution in [1.82, 2.24) is 0 Å². The topological polar surface area (TPSA) is 124 Å². The fraction of sp³-hybridized carbons (Fsp3) is 0.727. The van der Waals surface area contributed by atoms with E-state index in [9.17, 15) is 18.7 Å². The van der Waals surface area contributed by atoms with Crippen LogP contribution in [0, 0.1) is 11.8 Å². The van der Waals surface area contributed by atoms with Crippen LogP contribution in [0.3, 0.4) is 0 Å². The molecule has 0 aliphatic carbocycles. The quantitative estimate of drug-likeness (QED) is 0.101. The van der Waals surface area contributed by atoms with Crippen LogP contribution >= 0.6 is 15.2 Å². The third-order valence-electron chi connectivity index (χ3n) is 3.75. The van der Waals surface area contributed by atoms with Crippen molar-refractivity contribution in [3.8, 4) is 0 Å². The second-order valence-corrected chi connectivity index (χ2v) is 11.5. The average molecular weight is 527 g/mol. The standard InChI is InChI=1S/C22H40O10P2/c1-9-27-21(23)19(15-17(5)6)33(25,29-11-3)31-13-14-32-34(26,30-12-4)20(16-18(7)8)22(24)28-10-2/h15-18H,9-14H2,1-8H3. The Kier molecular flexibility index (Phi) is 15.8. The lowest BCUT2D eigenvalue weighted by Crippen LogP contribution is -2.15. The van der Waals surface area contributed by atoms with E-state index in [-0.39, 0.29) is 62.1 Å². The van der Waals surface area contributed by atoms with E-state index in [1.54, 1.807) is 55.4 Å². The second-order valence-electron chi connectivity index (χ2n) is 7.53. The maximum atomic E-state index is 13.4. The Hall–Kier alpha value is -1.28. The molecule has 34 heavy (non-hydrogen) atoms. The molecule has 0 spiro atoms. The Labute approximate surface area is 203 Å². The van der Waals surface area contributed by atoms with Crippen molar-refractivity contribution in [3.63, 3.8) is 0 Å². The Bertz CT molecular complexity index is 736. The van der Waals surface area contributed by atoms with E-state index in [0.717, 1.165) is 0 Å². The third kappa shape index (κ3) is 11.0. The van der Waals surface area contributed by atoms with Crippen molar-refractivity contribution < 1.29 is 46.3 Å². The van der Waals surface area contributed by atoms with E-state index in [1.165, 1.54) is 12.2 Å². The molecule has 10 nitrogen and oxygen atoms in total. The van der Waals surface area contributed by atoms with Crippen molar-refractivity contribution in [3.05, 3.63) is 22.8 Å². The number of esters is 2. The van der Waals surface area contributed by atoms with Gasteiger partial charge in [0.1, 0.15) is 10.6 Å². The molecule has 0 aliphatic rings. The van der Waals surface area contributed by atoms with Crippen LogP contribution in [-0.2, 0) is 46.3 Å². The Balaban J connectivity index is 5.76. The van der Waals surface area contributed by atoms with Crippen LogP contribution in [-0.4, -0.2) is 51.6 Å². The second kappa shape index (κ2) is 16.4.